The van der Waals surface area contributed by atoms with Gasteiger partial charge in [-0.2, -0.15) is 4.57 Å². The van der Waals surface area contributed by atoms with Gasteiger partial charge in [-0.05, 0) is 31.5 Å². The highest BCUT2D eigenvalue weighted by molar-refractivity contribution is 6.07. The van der Waals surface area contributed by atoms with E-state index >= 15 is 0 Å². The van der Waals surface area contributed by atoms with Crippen molar-refractivity contribution in [2.75, 3.05) is 0 Å². The number of nitrogens with zero attached hydrogens (tertiary/aromatic N) is 1. The first-order chi connectivity index (χ1) is 11.9. The molecule has 0 aliphatic heterocycles. The molecule has 0 saturated heterocycles. The Morgan fingerprint density at radius 2 is 1.86 bits per heavy atom. The molecule has 0 fully saturated rings. The summed E-state index contributed by atoms with van der Waals surface area (Å²) in [7, 11) is 0. The lowest BCUT2D eigenvalue weighted by molar-refractivity contribution is -0.602. The van der Waals surface area contributed by atoms with E-state index in [1.165, 1.54) is 0 Å². The van der Waals surface area contributed by atoms with Gasteiger partial charge in [0.1, 0.15) is 5.58 Å². The molecule has 2 heteroatoms. The molecule has 108 valence electrons. The van der Waals surface area contributed by atoms with Crippen molar-refractivity contribution >= 4 is 21.9 Å². The highest BCUT2D eigenvalue weighted by atomic mass is 16.3. The molecular weight excluding hydrogens is 270 g/mol. The summed E-state index contributed by atoms with van der Waals surface area (Å²) in [6.07, 6.45) is 1.81. The molecule has 0 spiro atoms. The summed E-state index contributed by atoms with van der Waals surface area (Å²) in [4.78, 5) is 0. The maximum Gasteiger partial charge on any atom is 0.257 e. The molecule has 2 aromatic carbocycles. The highest BCUT2D eigenvalue weighted by Gasteiger charge is 2.21. The maximum atomic E-state index is 7.60. The van der Waals surface area contributed by atoms with Crippen molar-refractivity contribution in [2.24, 2.45) is 0 Å². The van der Waals surface area contributed by atoms with Crippen LogP contribution in [0.2, 0.25) is 0 Å². The Morgan fingerprint density at radius 3 is 2.68 bits per heavy atom. The Morgan fingerprint density at radius 1 is 1.00 bits per heavy atom. The van der Waals surface area contributed by atoms with Gasteiger partial charge in [0.05, 0.1) is 0 Å². The van der Waals surface area contributed by atoms with Crippen LogP contribution in [0.25, 0.3) is 27.6 Å². The lowest BCUT2D eigenvalue weighted by Gasteiger charge is -2.04. The van der Waals surface area contributed by atoms with Crippen LogP contribution in [0.5, 0.6) is 0 Å². The summed E-state index contributed by atoms with van der Waals surface area (Å²) in [5.74, 6) is 0. The van der Waals surface area contributed by atoms with Gasteiger partial charge in [0.25, 0.3) is 5.69 Å². The normalized spacial score (nSPS) is 14.0. The lowest BCUT2D eigenvalue weighted by atomic mass is 10.1. The zero-order chi connectivity index (χ0) is 17.8. The van der Waals surface area contributed by atoms with Gasteiger partial charge < -0.3 is 4.42 Å². The standard InChI is InChI=1S/C20H18NO/c1-13-10-11-21(15(3)12-13)19-14(2)8-9-17-16-6-4-5-7-18(16)22-20(17)19/h4-12H,1-3H3/q+1/i1D3. The summed E-state index contributed by atoms with van der Waals surface area (Å²) >= 11 is 0. The van der Waals surface area contributed by atoms with Gasteiger partial charge in [-0.15, -0.1) is 0 Å². The van der Waals surface area contributed by atoms with Crippen molar-refractivity contribution in [2.45, 2.75) is 20.7 Å². The molecule has 0 aliphatic rings. The minimum absolute atomic E-state index is 0.343. The molecule has 22 heavy (non-hydrogen) atoms. The minimum atomic E-state index is -2.11. The Bertz CT molecular complexity index is 1110. The number of hydrogen-bond donors (Lipinski definition) is 0. The Kier molecular flexibility index (Phi) is 2.17. The van der Waals surface area contributed by atoms with Crippen LogP contribution in [-0.2, 0) is 0 Å². The first-order valence-electron chi connectivity index (χ1n) is 8.80. The fourth-order valence-electron chi connectivity index (χ4n) is 3.04. The molecule has 2 heterocycles. The van der Waals surface area contributed by atoms with Crippen molar-refractivity contribution in [3.05, 3.63) is 71.5 Å². The number of hydrogen-bond acceptors (Lipinski definition) is 1. The Hall–Kier alpha value is -2.61. The third kappa shape index (κ3) is 1.84. The van der Waals surface area contributed by atoms with Crippen LogP contribution in [0.4, 0.5) is 0 Å². The fourth-order valence-corrected chi connectivity index (χ4v) is 3.04. The van der Waals surface area contributed by atoms with Gasteiger partial charge in [-0.1, -0.05) is 24.3 Å². The van der Waals surface area contributed by atoms with E-state index in [-0.39, 0.29) is 0 Å². The number of furan rings is 1. The van der Waals surface area contributed by atoms with Gasteiger partial charge in [-0.25, -0.2) is 0 Å². The summed E-state index contributed by atoms with van der Waals surface area (Å²) in [6.45, 7) is 1.84. The van der Waals surface area contributed by atoms with Crippen LogP contribution in [0, 0.1) is 20.7 Å². The average Bonchev–Trinajstić information content (AvgIpc) is 2.93. The van der Waals surface area contributed by atoms with Crippen LogP contribution in [-0.4, -0.2) is 0 Å². The summed E-state index contributed by atoms with van der Waals surface area (Å²) in [5, 5.41) is 2.14. The lowest BCUT2D eigenvalue weighted by Crippen LogP contribution is -2.34. The smallest absolute Gasteiger partial charge is 0.257 e. The van der Waals surface area contributed by atoms with Crippen LogP contribution >= 0.6 is 0 Å². The second kappa shape index (κ2) is 4.70. The number of para-hydroxylation sites is 1. The number of pyridine rings is 1. The topological polar surface area (TPSA) is 17.0 Å². The molecule has 2 aromatic heterocycles. The number of benzene rings is 2. The number of rotatable bonds is 1. The maximum absolute atomic E-state index is 7.60. The fraction of sp³-hybridized carbons (Fsp3) is 0.150. The first kappa shape index (κ1) is 10.2. The van der Waals surface area contributed by atoms with Crippen LogP contribution < -0.4 is 4.57 Å². The van der Waals surface area contributed by atoms with Crippen LogP contribution in [0.15, 0.2) is 59.1 Å². The van der Waals surface area contributed by atoms with E-state index in [0.29, 0.717) is 5.56 Å². The summed E-state index contributed by atoms with van der Waals surface area (Å²) in [5.41, 5.74) is 4.88. The molecule has 0 N–H and O–H groups in total. The zero-order valence-corrected chi connectivity index (χ0v) is 12.6. The quantitative estimate of drug-likeness (QED) is 0.461. The largest absolute Gasteiger partial charge is 0.449 e. The van der Waals surface area contributed by atoms with Gasteiger partial charge in [0.15, 0.2) is 11.9 Å². The Labute approximate surface area is 133 Å². The summed E-state index contributed by atoms with van der Waals surface area (Å²) < 4.78 is 30.9. The van der Waals surface area contributed by atoms with Crippen molar-refractivity contribution < 1.29 is 13.1 Å². The van der Waals surface area contributed by atoms with Crippen molar-refractivity contribution in [1.82, 2.24) is 0 Å². The van der Waals surface area contributed by atoms with E-state index in [2.05, 4.69) is 18.2 Å². The number of aromatic nitrogens is 1. The van der Waals surface area contributed by atoms with E-state index in [1.54, 1.807) is 12.1 Å². The molecule has 0 amide bonds. The molecular formula is C20H18NO+. The van der Waals surface area contributed by atoms with E-state index < -0.39 is 6.85 Å². The monoisotopic (exact) mass is 291 g/mol. The first-order valence-corrected chi connectivity index (χ1v) is 7.30. The molecule has 2 nitrogen and oxygen atoms in total. The van der Waals surface area contributed by atoms with Gasteiger partial charge >= 0.3 is 0 Å². The zero-order valence-electron chi connectivity index (χ0n) is 15.6. The van der Waals surface area contributed by atoms with E-state index in [1.807, 2.05) is 42.8 Å². The molecule has 0 saturated carbocycles. The molecule has 4 aromatic rings. The second-order valence-electron chi connectivity index (χ2n) is 5.63. The highest BCUT2D eigenvalue weighted by Crippen LogP contribution is 2.32. The van der Waals surface area contributed by atoms with Crippen molar-refractivity contribution in [1.29, 1.82) is 0 Å². The van der Waals surface area contributed by atoms with Gasteiger partial charge in [-0.3, -0.25) is 0 Å². The molecule has 0 bridgehead atoms. The van der Waals surface area contributed by atoms with E-state index in [9.17, 15) is 0 Å². The Balaban J connectivity index is 2.02. The molecule has 0 aliphatic carbocycles. The average molecular weight is 291 g/mol. The predicted molar refractivity (Wildman–Crippen MR) is 89.5 cm³/mol. The van der Waals surface area contributed by atoms with Crippen LogP contribution in [0.3, 0.4) is 0 Å². The van der Waals surface area contributed by atoms with Crippen molar-refractivity contribution in [3.8, 4) is 5.69 Å². The minimum Gasteiger partial charge on any atom is -0.449 e. The molecule has 0 radical (unpaired) electrons. The van der Waals surface area contributed by atoms with E-state index in [0.717, 1.165) is 38.9 Å². The number of fused-ring (bicyclic) bond motifs is 3. The van der Waals surface area contributed by atoms with Gasteiger partial charge in [0, 0.05) is 39.5 Å². The molecule has 4 rings (SSSR count). The third-order valence-corrected chi connectivity index (χ3v) is 4.11. The predicted octanol–water partition coefficient (Wildman–Crippen LogP) is 4.79. The van der Waals surface area contributed by atoms with Gasteiger partial charge in [0.2, 0.25) is 5.58 Å². The van der Waals surface area contributed by atoms with E-state index in [4.69, 9.17) is 8.53 Å². The number of aryl methyl sites for hydroxylation is 3. The van der Waals surface area contributed by atoms with Crippen LogP contribution in [0.1, 0.15) is 20.9 Å². The van der Waals surface area contributed by atoms with Crippen molar-refractivity contribution in [3.63, 3.8) is 0 Å². The SMILES string of the molecule is [2H]C([2H])([2H])c1cc[n+](-c2c(C)ccc3c2oc2ccccc23)c(C)c1. The molecule has 0 unspecified atom stereocenters. The molecule has 0 atom stereocenters. The summed E-state index contributed by atoms with van der Waals surface area (Å²) in [6, 6.07) is 15.5. The second-order valence-corrected chi connectivity index (χ2v) is 5.63. The third-order valence-electron chi connectivity index (χ3n) is 4.11.